The molecule has 1 aliphatic carbocycles. The van der Waals surface area contributed by atoms with E-state index < -0.39 is 0 Å². The zero-order valence-electron chi connectivity index (χ0n) is 19.8. The Morgan fingerprint density at radius 3 is 2.66 bits per heavy atom. The van der Waals surface area contributed by atoms with Crippen molar-refractivity contribution < 1.29 is 0 Å². The smallest absolute Gasteiger partial charge is 0.193 e. The third-order valence-corrected chi connectivity index (χ3v) is 7.05. The van der Waals surface area contributed by atoms with Crippen LogP contribution in [0.3, 0.4) is 0 Å². The molecule has 1 saturated carbocycles. The van der Waals surface area contributed by atoms with E-state index in [0.29, 0.717) is 12.0 Å². The number of guanidine groups is 1. The van der Waals surface area contributed by atoms with Gasteiger partial charge >= 0.3 is 0 Å². The minimum absolute atomic E-state index is 0. The molecular formula is C25H39IN6. The molecule has 176 valence electrons. The highest BCUT2D eigenvalue weighted by atomic mass is 127. The predicted molar refractivity (Wildman–Crippen MR) is 143 cm³/mol. The first kappa shape index (κ1) is 25.0. The van der Waals surface area contributed by atoms with Gasteiger partial charge in [0.15, 0.2) is 5.96 Å². The van der Waals surface area contributed by atoms with Crippen LogP contribution < -0.4 is 10.6 Å². The van der Waals surface area contributed by atoms with Crippen LogP contribution in [-0.2, 0) is 13.5 Å². The first-order valence-electron chi connectivity index (χ1n) is 11.8. The highest BCUT2D eigenvalue weighted by Gasteiger charge is 2.36. The molecule has 2 heterocycles. The van der Waals surface area contributed by atoms with Gasteiger partial charge in [-0.1, -0.05) is 43.2 Å². The molecule has 0 spiro atoms. The third-order valence-electron chi connectivity index (χ3n) is 7.05. The van der Waals surface area contributed by atoms with Crippen LogP contribution in [0.4, 0.5) is 0 Å². The molecule has 1 aromatic heterocycles. The SMILES string of the molecule is CN=C(NCC1(NC(C)c2ccccc2)CCCC1)N1CCC(Cc2cnn(C)c2)C1.I. The first-order chi connectivity index (χ1) is 15.1. The summed E-state index contributed by atoms with van der Waals surface area (Å²) in [4.78, 5) is 7.07. The van der Waals surface area contributed by atoms with Crippen molar-refractivity contribution in [3.63, 3.8) is 0 Å². The van der Waals surface area contributed by atoms with E-state index in [0.717, 1.165) is 32.0 Å². The number of hydrogen-bond donors (Lipinski definition) is 2. The molecule has 6 nitrogen and oxygen atoms in total. The van der Waals surface area contributed by atoms with E-state index in [1.807, 2.05) is 25.0 Å². The molecule has 32 heavy (non-hydrogen) atoms. The zero-order valence-corrected chi connectivity index (χ0v) is 22.1. The van der Waals surface area contributed by atoms with E-state index in [-0.39, 0.29) is 29.5 Å². The monoisotopic (exact) mass is 550 g/mol. The van der Waals surface area contributed by atoms with Crippen molar-refractivity contribution in [2.24, 2.45) is 18.0 Å². The molecule has 1 aromatic carbocycles. The van der Waals surface area contributed by atoms with Crippen LogP contribution in [0.25, 0.3) is 0 Å². The molecule has 4 rings (SSSR count). The number of hydrogen-bond acceptors (Lipinski definition) is 3. The van der Waals surface area contributed by atoms with E-state index in [1.54, 1.807) is 0 Å². The van der Waals surface area contributed by atoms with Crippen molar-refractivity contribution in [3.05, 3.63) is 53.9 Å². The molecule has 1 saturated heterocycles. The van der Waals surface area contributed by atoms with Crippen LogP contribution in [0.15, 0.2) is 47.7 Å². The van der Waals surface area contributed by atoms with Gasteiger partial charge in [0.1, 0.15) is 0 Å². The average molecular weight is 551 g/mol. The van der Waals surface area contributed by atoms with Crippen molar-refractivity contribution in [1.29, 1.82) is 0 Å². The topological polar surface area (TPSA) is 57.5 Å². The van der Waals surface area contributed by atoms with Crippen molar-refractivity contribution in [3.8, 4) is 0 Å². The number of nitrogens with zero attached hydrogens (tertiary/aromatic N) is 4. The minimum atomic E-state index is 0. The molecule has 7 heteroatoms. The van der Waals surface area contributed by atoms with Gasteiger partial charge in [-0.15, -0.1) is 24.0 Å². The molecule has 2 atom stereocenters. The molecular weight excluding hydrogens is 511 g/mol. The lowest BCUT2D eigenvalue weighted by Gasteiger charge is -2.35. The van der Waals surface area contributed by atoms with Crippen LogP contribution in [0, 0.1) is 5.92 Å². The van der Waals surface area contributed by atoms with Crippen molar-refractivity contribution in [2.75, 3.05) is 26.7 Å². The van der Waals surface area contributed by atoms with Crippen LogP contribution in [0.2, 0.25) is 0 Å². The maximum atomic E-state index is 4.63. The maximum Gasteiger partial charge on any atom is 0.193 e. The van der Waals surface area contributed by atoms with Gasteiger partial charge in [0.05, 0.1) is 6.20 Å². The summed E-state index contributed by atoms with van der Waals surface area (Å²) in [6, 6.07) is 11.1. The maximum absolute atomic E-state index is 4.63. The van der Waals surface area contributed by atoms with Gasteiger partial charge < -0.3 is 15.5 Å². The lowest BCUT2D eigenvalue weighted by Crippen LogP contribution is -2.54. The summed E-state index contributed by atoms with van der Waals surface area (Å²) >= 11 is 0. The fourth-order valence-corrected chi connectivity index (χ4v) is 5.39. The molecule has 1 aliphatic heterocycles. The Bertz CT molecular complexity index is 858. The number of likely N-dealkylation sites (tertiary alicyclic amines) is 1. The summed E-state index contributed by atoms with van der Waals surface area (Å²) in [5, 5.41) is 12.0. The lowest BCUT2D eigenvalue weighted by atomic mass is 9.94. The van der Waals surface area contributed by atoms with Crippen molar-refractivity contribution in [1.82, 2.24) is 25.3 Å². The lowest BCUT2D eigenvalue weighted by molar-refractivity contribution is 0.293. The number of benzene rings is 1. The van der Waals surface area contributed by atoms with Gasteiger partial charge in [-0.3, -0.25) is 9.67 Å². The Labute approximate surface area is 210 Å². The van der Waals surface area contributed by atoms with Gasteiger partial charge in [0.2, 0.25) is 0 Å². The fourth-order valence-electron chi connectivity index (χ4n) is 5.39. The van der Waals surface area contributed by atoms with Crippen LogP contribution >= 0.6 is 24.0 Å². The Kier molecular flexibility index (Phi) is 8.99. The number of halogens is 1. The molecule has 0 radical (unpaired) electrons. The van der Waals surface area contributed by atoms with Crippen molar-refractivity contribution in [2.45, 2.75) is 57.0 Å². The number of nitrogens with one attached hydrogen (secondary N) is 2. The predicted octanol–water partition coefficient (Wildman–Crippen LogP) is 4.14. The molecule has 2 fully saturated rings. The summed E-state index contributed by atoms with van der Waals surface area (Å²) in [6.45, 7) is 5.36. The van der Waals surface area contributed by atoms with E-state index in [1.165, 1.54) is 43.2 Å². The quantitative estimate of drug-likeness (QED) is 0.309. The Hall–Kier alpha value is -1.61. The molecule has 2 unspecified atom stereocenters. The molecule has 0 amide bonds. The first-order valence-corrected chi connectivity index (χ1v) is 11.8. The number of aromatic nitrogens is 2. The van der Waals surface area contributed by atoms with Gasteiger partial charge in [0, 0.05) is 51.5 Å². The van der Waals surface area contributed by atoms with Gasteiger partial charge in [-0.25, -0.2) is 0 Å². The largest absolute Gasteiger partial charge is 0.354 e. The standard InChI is InChI=1S/C25H38N6.HI/c1-20(23-9-5-4-6-10-23)29-25(12-7-8-13-25)19-27-24(26-2)31-14-11-21(18-31)15-22-16-28-30(3)17-22;/h4-6,9-10,16-17,20-21,29H,7-8,11-15,18-19H2,1-3H3,(H,26,27);1H. The highest BCUT2D eigenvalue weighted by molar-refractivity contribution is 14.0. The van der Waals surface area contributed by atoms with E-state index in [9.17, 15) is 0 Å². The van der Waals surface area contributed by atoms with Crippen LogP contribution in [-0.4, -0.2) is 52.9 Å². The van der Waals surface area contributed by atoms with Crippen molar-refractivity contribution >= 4 is 29.9 Å². The van der Waals surface area contributed by atoms with Gasteiger partial charge in [0.25, 0.3) is 0 Å². The van der Waals surface area contributed by atoms with E-state index >= 15 is 0 Å². The fraction of sp³-hybridized carbons (Fsp3) is 0.600. The van der Waals surface area contributed by atoms with E-state index in [2.05, 4.69) is 69.1 Å². The summed E-state index contributed by atoms with van der Waals surface area (Å²) in [6.07, 6.45) is 11.5. The van der Waals surface area contributed by atoms with Gasteiger partial charge in [-0.2, -0.15) is 5.10 Å². The Morgan fingerprint density at radius 2 is 2.00 bits per heavy atom. The number of rotatable bonds is 7. The molecule has 2 aliphatic rings. The van der Waals surface area contributed by atoms with Crippen LogP contribution in [0.5, 0.6) is 0 Å². The highest BCUT2D eigenvalue weighted by Crippen LogP contribution is 2.32. The number of aliphatic imine (C=N–C) groups is 1. The average Bonchev–Trinajstić information content (AvgIpc) is 3.52. The van der Waals surface area contributed by atoms with E-state index in [4.69, 9.17) is 0 Å². The number of aryl methyl sites for hydroxylation is 1. The third kappa shape index (κ3) is 6.25. The Morgan fingerprint density at radius 1 is 1.25 bits per heavy atom. The molecule has 2 N–H and O–H groups in total. The summed E-state index contributed by atoms with van der Waals surface area (Å²) < 4.78 is 1.90. The second-order valence-electron chi connectivity index (χ2n) is 9.49. The zero-order chi connectivity index (χ0) is 21.7. The second-order valence-corrected chi connectivity index (χ2v) is 9.49. The Balaban J connectivity index is 0.00000289. The molecule has 2 aromatic rings. The van der Waals surface area contributed by atoms with Gasteiger partial charge in [-0.05, 0) is 49.7 Å². The summed E-state index contributed by atoms with van der Waals surface area (Å²) in [5.74, 6) is 1.72. The minimum Gasteiger partial charge on any atom is -0.354 e. The summed E-state index contributed by atoms with van der Waals surface area (Å²) in [5.41, 5.74) is 2.83. The second kappa shape index (κ2) is 11.5. The van der Waals surface area contributed by atoms with Crippen LogP contribution in [0.1, 0.15) is 56.2 Å². The molecule has 0 bridgehead atoms. The summed E-state index contributed by atoms with van der Waals surface area (Å²) in [7, 11) is 3.90. The normalized spacial score (nSPS) is 21.4.